The topological polar surface area (TPSA) is 41.1 Å². The Morgan fingerprint density at radius 2 is 2.25 bits per heavy atom. The van der Waals surface area contributed by atoms with Gasteiger partial charge in [0.2, 0.25) is 5.91 Å². The van der Waals surface area contributed by atoms with E-state index < -0.39 is 0 Å². The van der Waals surface area contributed by atoms with Gasteiger partial charge >= 0.3 is 0 Å². The maximum atomic E-state index is 11.1. The summed E-state index contributed by atoms with van der Waals surface area (Å²) in [5.74, 6) is 0.145. The van der Waals surface area contributed by atoms with E-state index in [1.54, 1.807) is 5.57 Å². The van der Waals surface area contributed by atoms with Crippen molar-refractivity contribution in [2.24, 2.45) is 0 Å². The highest BCUT2D eigenvalue weighted by Crippen LogP contribution is 2.19. The molecule has 0 saturated carbocycles. The average Bonchev–Trinajstić information content (AvgIpc) is 2.30. The molecule has 16 heavy (non-hydrogen) atoms. The van der Waals surface area contributed by atoms with Crippen molar-refractivity contribution in [1.82, 2.24) is 10.6 Å². The summed E-state index contributed by atoms with van der Waals surface area (Å²) in [5.41, 5.74) is 1.59. The number of hydrogen-bond donors (Lipinski definition) is 2. The molecule has 0 aliphatic heterocycles. The standard InChI is InChI=1S/C13H24N2O/c1-2-15-13(16)9-11-14-10-8-12-6-4-3-5-7-12/h6,14H,2-5,7-11H2,1H3,(H,15,16). The molecule has 0 radical (unpaired) electrons. The second-order valence-electron chi connectivity index (χ2n) is 4.31. The van der Waals surface area contributed by atoms with Crippen LogP contribution in [0.1, 0.15) is 45.4 Å². The Labute approximate surface area is 98.7 Å². The van der Waals surface area contributed by atoms with Gasteiger partial charge in [0.1, 0.15) is 0 Å². The minimum absolute atomic E-state index is 0.145. The molecule has 1 aliphatic carbocycles. The summed E-state index contributed by atoms with van der Waals surface area (Å²) in [6.07, 6.45) is 9.36. The summed E-state index contributed by atoms with van der Waals surface area (Å²) < 4.78 is 0. The minimum Gasteiger partial charge on any atom is -0.356 e. The summed E-state index contributed by atoms with van der Waals surface area (Å²) in [7, 11) is 0. The average molecular weight is 224 g/mol. The smallest absolute Gasteiger partial charge is 0.221 e. The lowest BCUT2D eigenvalue weighted by molar-refractivity contribution is -0.120. The van der Waals surface area contributed by atoms with Crippen molar-refractivity contribution in [2.45, 2.75) is 45.4 Å². The van der Waals surface area contributed by atoms with Gasteiger partial charge in [0, 0.05) is 19.5 Å². The zero-order chi connectivity index (χ0) is 11.6. The number of allylic oxidation sites excluding steroid dienone is 1. The van der Waals surface area contributed by atoms with Gasteiger partial charge in [0.25, 0.3) is 0 Å². The van der Waals surface area contributed by atoms with Gasteiger partial charge in [0.15, 0.2) is 0 Å². The molecule has 0 fully saturated rings. The monoisotopic (exact) mass is 224 g/mol. The lowest BCUT2D eigenvalue weighted by atomic mass is 9.97. The van der Waals surface area contributed by atoms with Gasteiger partial charge in [-0.1, -0.05) is 11.6 Å². The normalized spacial score (nSPS) is 15.7. The third kappa shape index (κ3) is 5.91. The molecular weight excluding hydrogens is 200 g/mol. The molecule has 0 aromatic carbocycles. The van der Waals surface area contributed by atoms with Crippen molar-refractivity contribution in [2.75, 3.05) is 19.6 Å². The molecule has 1 rings (SSSR count). The quantitative estimate of drug-likeness (QED) is 0.513. The third-order valence-electron chi connectivity index (χ3n) is 2.91. The summed E-state index contributed by atoms with van der Waals surface area (Å²) in [6.45, 7) is 4.47. The molecule has 2 N–H and O–H groups in total. The van der Waals surface area contributed by atoms with Gasteiger partial charge in [-0.2, -0.15) is 0 Å². The van der Waals surface area contributed by atoms with Crippen molar-refractivity contribution in [3.8, 4) is 0 Å². The Balaban J connectivity index is 1.95. The largest absolute Gasteiger partial charge is 0.356 e. The zero-order valence-electron chi connectivity index (χ0n) is 10.3. The molecule has 1 amide bonds. The van der Waals surface area contributed by atoms with Crippen LogP contribution in [0, 0.1) is 0 Å². The van der Waals surface area contributed by atoms with Crippen LogP contribution in [0.4, 0.5) is 0 Å². The fraction of sp³-hybridized carbons (Fsp3) is 0.769. The molecule has 0 saturated heterocycles. The molecule has 0 atom stereocenters. The summed E-state index contributed by atoms with van der Waals surface area (Å²) >= 11 is 0. The molecule has 3 nitrogen and oxygen atoms in total. The van der Waals surface area contributed by atoms with E-state index in [-0.39, 0.29) is 5.91 Å². The van der Waals surface area contributed by atoms with E-state index in [0.29, 0.717) is 6.42 Å². The molecule has 0 unspecified atom stereocenters. The van der Waals surface area contributed by atoms with Crippen LogP contribution in [0.25, 0.3) is 0 Å². The first-order valence-electron chi connectivity index (χ1n) is 6.48. The first kappa shape index (κ1) is 13.2. The number of carbonyl (C=O) groups is 1. The molecule has 0 heterocycles. The van der Waals surface area contributed by atoms with Gasteiger partial charge in [-0.3, -0.25) is 4.79 Å². The van der Waals surface area contributed by atoms with E-state index in [1.165, 1.54) is 25.7 Å². The van der Waals surface area contributed by atoms with Crippen LogP contribution in [-0.2, 0) is 4.79 Å². The molecule has 0 aromatic rings. The van der Waals surface area contributed by atoms with Crippen molar-refractivity contribution < 1.29 is 4.79 Å². The Kier molecular flexibility index (Phi) is 6.90. The Morgan fingerprint density at radius 3 is 2.94 bits per heavy atom. The first-order valence-corrected chi connectivity index (χ1v) is 6.48. The highest BCUT2D eigenvalue weighted by Gasteiger charge is 2.03. The molecule has 92 valence electrons. The third-order valence-corrected chi connectivity index (χ3v) is 2.91. The van der Waals surface area contributed by atoms with Gasteiger partial charge in [-0.15, -0.1) is 0 Å². The van der Waals surface area contributed by atoms with Crippen molar-refractivity contribution in [3.05, 3.63) is 11.6 Å². The van der Waals surface area contributed by atoms with Gasteiger partial charge in [-0.05, 0) is 45.6 Å². The highest BCUT2D eigenvalue weighted by molar-refractivity contribution is 5.75. The molecule has 0 aromatic heterocycles. The van der Waals surface area contributed by atoms with Gasteiger partial charge < -0.3 is 10.6 Å². The van der Waals surface area contributed by atoms with Crippen LogP contribution < -0.4 is 10.6 Å². The lowest BCUT2D eigenvalue weighted by Gasteiger charge is -2.12. The van der Waals surface area contributed by atoms with Crippen molar-refractivity contribution in [1.29, 1.82) is 0 Å². The fourth-order valence-corrected chi connectivity index (χ4v) is 1.99. The highest BCUT2D eigenvalue weighted by atomic mass is 16.1. The fourth-order valence-electron chi connectivity index (χ4n) is 1.99. The number of nitrogens with one attached hydrogen (secondary N) is 2. The van der Waals surface area contributed by atoms with E-state index >= 15 is 0 Å². The summed E-state index contributed by atoms with van der Waals surface area (Å²) in [6, 6.07) is 0. The van der Waals surface area contributed by atoms with E-state index in [0.717, 1.165) is 26.1 Å². The Hall–Kier alpha value is -0.830. The van der Waals surface area contributed by atoms with Crippen LogP contribution in [0.5, 0.6) is 0 Å². The van der Waals surface area contributed by atoms with Gasteiger partial charge in [-0.25, -0.2) is 0 Å². The first-order chi connectivity index (χ1) is 7.83. The van der Waals surface area contributed by atoms with E-state index in [4.69, 9.17) is 0 Å². The van der Waals surface area contributed by atoms with E-state index in [1.807, 2.05) is 6.92 Å². The maximum Gasteiger partial charge on any atom is 0.221 e. The van der Waals surface area contributed by atoms with Crippen LogP contribution in [-0.4, -0.2) is 25.5 Å². The minimum atomic E-state index is 0.145. The van der Waals surface area contributed by atoms with E-state index in [2.05, 4.69) is 16.7 Å². The summed E-state index contributed by atoms with van der Waals surface area (Å²) in [4.78, 5) is 11.1. The van der Waals surface area contributed by atoms with Crippen LogP contribution >= 0.6 is 0 Å². The molecule has 1 aliphatic rings. The van der Waals surface area contributed by atoms with Crippen LogP contribution in [0.2, 0.25) is 0 Å². The number of amides is 1. The second-order valence-corrected chi connectivity index (χ2v) is 4.31. The van der Waals surface area contributed by atoms with E-state index in [9.17, 15) is 4.79 Å². The maximum absolute atomic E-state index is 11.1. The zero-order valence-corrected chi connectivity index (χ0v) is 10.3. The van der Waals surface area contributed by atoms with Gasteiger partial charge in [0.05, 0.1) is 0 Å². The second kappa shape index (κ2) is 8.34. The molecule has 0 bridgehead atoms. The van der Waals surface area contributed by atoms with Crippen molar-refractivity contribution in [3.63, 3.8) is 0 Å². The number of carbonyl (C=O) groups excluding carboxylic acids is 1. The lowest BCUT2D eigenvalue weighted by Crippen LogP contribution is -2.27. The Bertz CT molecular complexity index is 236. The Morgan fingerprint density at radius 1 is 1.38 bits per heavy atom. The molecule has 0 spiro atoms. The molecular formula is C13H24N2O. The SMILES string of the molecule is CCNC(=O)CCNCCC1=CCCCC1. The predicted molar refractivity (Wildman–Crippen MR) is 67.3 cm³/mol. The van der Waals surface area contributed by atoms with Crippen LogP contribution in [0.3, 0.4) is 0 Å². The number of hydrogen-bond acceptors (Lipinski definition) is 2. The predicted octanol–water partition coefficient (Wildman–Crippen LogP) is 1.99. The number of rotatable bonds is 7. The summed E-state index contributed by atoms with van der Waals surface area (Å²) in [5, 5.41) is 6.12. The van der Waals surface area contributed by atoms with Crippen LogP contribution in [0.15, 0.2) is 11.6 Å². The van der Waals surface area contributed by atoms with Crippen molar-refractivity contribution >= 4 is 5.91 Å². The molecule has 3 heteroatoms.